The first-order valence-corrected chi connectivity index (χ1v) is 7.30. The van der Waals surface area contributed by atoms with E-state index in [9.17, 15) is 5.11 Å². The van der Waals surface area contributed by atoms with Crippen molar-refractivity contribution in [3.63, 3.8) is 0 Å². The molecule has 1 aromatic heterocycles. The molecule has 0 aliphatic heterocycles. The summed E-state index contributed by atoms with van der Waals surface area (Å²) in [6, 6.07) is 0. The van der Waals surface area contributed by atoms with Crippen molar-refractivity contribution in [2.75, 3.05) is 0 Å². The van der Waals surface area contributed by atoms with Crippen LogP contribution >= 0.6 is 11.3 Å². The minimum Gasteiger partial charge on any atom is -0.386 e. The molecule has 0 fully saturated rings. The third-order valence-corrected chi connectivity index (χ3v) is 3.69. The number of unbranched alkanes of at least 4 members (excludes halogenated alkanes) is 6. The molecule has 1 atom stereocenters. The molecular weight excluding hydrogens is 218 g/mol. The highest BCUT2D eigenvalue weighted by atomic mass is 32.1. The minimum absolute atomic E-state index is 0.337. The summed E-state index contributed by atoms with van der Waals surface area (Å²) in [7, 11) is 0. The Morgan fingerprint density at radius 2 is 1.88 bits per heavy atom. The predicted octanol–water partition coefficient (Wildman–Crippen LogP) is 4.32. The average molecular weight is 241 g/mol. The van der Waals surface area contributed by atoms with Gasteiger partial charge in [0.2, 0.25) is 0 Å². The number of aromatic nitrogens is 1. The second kappa shape index (κ2) is 8.71. The van der Waals surface area contributed by atoms with Crippen LogP contribution in [0.2, 0.25) is 0 Å². The Labute approximate surface area is 103 Å². The largest absolute Gasteiger partial charge is 0.386 e. The Hall–Kier alpha value is -0.410. The second-order valence-electron chi connectivity index (χ2n) is 4.30. The topological polar surface area (TPSA) is 33.1 Å². The first kappa shape index (κ1) is 13.7. The van der Waals surface area contributed by atoms with Crippen molar-refractivity contribution in [3.8, 4) is 0 Å². The molecule has 0 amide bonds. The number of aliphatic hydroxyl groups excluding tert-OH is 1. The first-order chi connectivity index (χ1) is 7.84. The third-order valence-electron chi connectivity index (χ3n) is 2.82. The summed E-state index contributed by atoms with van der Waals surface area (Å²) in [5.74, 6) is 0. The van der Waals surface area contributed by atoms with E-state index in [1.54, 1.807) is 17.5 Å². The van der Waals surface area contributed by atoms with E-state index in [2.05, 4.69) is 11.9 Å². The minimum atomic E-state index is -0.337. The maximum atomic E-state index is 9.80. The number of nitrogens with zero attached hydrogens (tertiary/aromatic N) is 1. The van der Waals surface area contributed by atoms with E-state index in [1.165, 1.54) is 38.5 Å². The fourth-order valence-electron chi connectivity index (χ4n) is 1.82. The molecule has 1 rings (SSSR count). The normalized spacial score (nSPS) is 12.9. The quantitative estimate of drug-likeness (QED) is 0.653. The molecule has 0 bridgehead atoms. The van der Waals surface area contributed by atoms with Gasteiger partial charge in [-0.05, 0) is 6.42 Å². The lowest BCUT2D eigenvalue weighted by atomic mass is 10.1. The fourth-order valence-corrected chi connectivity index (χ4v) is 2.48. The van der Waals surface area contributed by atoms with E-state index in [4.69, 9.17) is 0 Å². The Morgan fingerprint density at radius 1 is 1.19 bits per heavy atom. The van der Waals surface area contributed by atoms with Gasteiger partial charge in [0.1, 0.15) is 11.1 Å². The highest BCUT2D eigenvalue weighted by molar-refractivity contribution is 7.09. The number of aliphatic hydroxyl groups is 1. The predicted molar refractivity (Wildman–Crippen MR) is 69.7 cm³/mol. The van der Waals surface area contributed by atoms with Crippen molar-refractivity contribution in [2.24, 2.45) is 0 Å². The molecular formula is C13H23NOS. The van der Waals surface area contributed by atoms with Gasteiger partial charge >= 0.3 is 0 Å². The summed E-state index contributed by atoms with van der Waals surface area (Å²) in [6.07, 6.45) is 11.3. The lowest BCUT2D eigenvalue weighted by Crippen LogP contribution is -1.96. The van der Waals surface area contributed by atoms with Crippen LogP contribution in [0.5, 0.6) is 0 Å². The Morgan fingerprint density at radius 3 is 2.50 bits per heavy atom. The van der Waals surface area contributed by atoms with Gasteiger partial charge in [-0.1, -0.05) is 51.9 Å². The maximum absolute atomic E-state index is 9.80. The molecule has 3 heteroatoms. The third kappa shape index (κ3) is 5.61. The molecule has 1 N–H and O–H groups in total. The van der Waals surface area contributed by atoms with Crippen LogP contribution in [0.3, 0.4) is 0 Å². The summed E-state index contributed by atoms with van der Waals surface area (Å²) in [5, 5.41) is 12.6. The van der Waals surface area contributed by atoms with Gasteiger partial charge in [-0.25, -0.2) is 4.98 Å². The van der Waals surface area contributed by atoms with Gasteiger partial charge in [0.25, 0.3) is 0 Å². The molecule has 0 radical (unpaired) electrons. The van der Waals surface area contributed by atoms with Crippen LogP contribution in [0.25, 0.3) is 0 Å². The number of hydrogen-bond acceptors (Lipinski definition) is 3. The van der Waals surface area contributed by atoms with E-state index >= 15 is 0 Å². The van der Waals surface area contributed by atoms with Crippen LogP contribution in [-0.4, -0.2) is 10.1 Å². The average Bonchev–Trinajstić information content (AvgIpc) is 2.81. The van der Waals surface area contributed by atoms with Crippen LogP contribution in [0.4, 0.5) is 0 Å². The fraction of sp³-hybridized carbons (Fsp3) is 0.769. The molecule has 0 aliphatic carbocycles. The summed E-state index contributed by atoms with van der Waals surface area (Å²) in [6.45, 7) is 2.24. The van der Waals surface area contributed by atoms with Gasteiger partial charge in [-0.15, -0.1) is 11.3 Å². The van der Waals surface area contributed by atoms with E-state index < -0.39 is 0 Å². The van der Waals surface area contributed by atoms with Gasteiger partial charge in [-0.2, -0.15) is 0 Å². The second-order valence-corrected chi connectivity index (χ2v) is 5.22. The zero-order valence-electron chi connectivity index (χ0n) is 10.2. The molecule has 1 unspecified atom stereocenters. The molecule has 0 saturated carbocycles. The molecule has 92 valence electrons. The first-order valence-electron chi connectivity index (χ1n) is 6.42. The molecule has 0 saturated heterocycles. The van der Waals surface area contributed by atoms with E-state index in [0.717, 1.165) is 17.8 Å². The van der Waals surface area contributed by atoms with Crippen LogP contribution in [0.15, 0.2) is 11.6 Å². The molecule has 1 heterocycles. The van der Waals surface area contributed by atoms with Gasteiger partial charge in [-0.3, -0.25) is 0 Å². The van der Waals surface area contributed by atoms with Crippen LogP contribution in [0.1, 0.15) is 69.4 Å². The van der Waals surface area contributed by atoms with Gasteiger partial charge in [0, 0.05) is 11.6 Å². The lowest BCUT2D eigenvalue weighted by molar-refractivity contribution is 0.163. The summed E-state index contributed by atoms with van der Waals surface area (Å²) >= 11 is 1.54. The molecule has 0 aliphatic rings. The Kier molecular flexibility index (Phi) is 7.43. The highest BCUT2D eigenvalue weighted by Crippen LogP contribution is 2.21. The summed E-state index contributed by atoms with van der Waals surface area (Å²) in [4.78, 5) is 4.12. The maximum Gasteiger partial charge on any atom is 0.121 e. The summed E-state index contributed by atoms with van der Waals surface area (Å²) < 4.78 is 0. The smallest absolute Gasteiger partial charge is 0.121 e. The van der Waals surface area contributed by atoms with Gasteiger partial charge < -0.3 is 5.11 Å². The van der Waals surface area contributed by atoms with E-state index in [0.29, 0.717) is 0 Å². The standard InChI is InChI=1S/C13H23NOS/c1-2-3-4-5-6-7-8-9-12(15)13-14-10-11-16-13/h10-12,15H,2-9H2,1H3. The Bertz CT molecular complexity index is 248. The van der Waals surface area contributed by atoms with Gasteiger partial charge in [0.15, 0.2) is 0 Å². The monoisotopic (exact) mass is 241 g/mol. The van der Waals surface area contributed by atoms with Crippen molar-refractivity contribution in [2.45, 2.75) is 64.4 Å². The number of thiazole rings is 1. The van der Waals surface area contributed by atoms with Crippen LogP contribution in [0, 0.1) is 0 Å². The van der Waals surface area contributed by atoms with Crippen molar-refractivity contribution in [1.29, 1.82) is 0 Å². The van der Waals surface area contributed by atoms with Crippen molar-refractivity contribution < 1.29 is 5.11 Å². The van der Waals surface area contributed by atoms with Crippen LogP contribution < -0.4 is 0 Å². The molecule has 1 aromatic rings. The zero-order valence-corrected chi connectivity index (χ0v) is 11.0. The molecule has 0 spiro atoms. The van der Waals surface area contributed by atoms with Crippen molar-refractivity contribution in [1.82, 2.24) is 4.98 Å². The van der Waals surface area contributed by atoms with E-state index in [1.807, 2.05) is 5.38 Å². The highest BCUT2D eigenvalue weighted by Gasteiger charge is 2.08. The van der Waals surface area contributed by atoms with Crippen LogP contribution in [-0.2, 0) is 0 Å². The summed E-state index contributed by atoms with van der Waals surface area (Å²) in [5.41, 5.74) is 0. The SMILES string of the molecule is CCCCCCCCCC(O)c1nccs1. The lowest BCUT2D eigenvalue weighted by Gasteiger charge is -2.06. The molecule has 0 aromatic carbocycles. The van der Waals surface area contributed by atoms with Crippen molar-refractivity contribution in [3.05, 3.63) is 16.6 Å². The van der Waals surface area contributed by atoms with Crippen molar-refractivity contribution >= 4 is 11.3 Å². The van der Waals surface area contributed by atoms with E-state index in [-0.39, 0.29) is 6.10 Å². The van der Waals surface area contributed by atoms with Gasteiger partial charge in [0.05, 0.1) is 0 Å². The Balaban J connectivity index is 1.95. The molecule has 2 nitrogen and oxygen atoms in total. The number of hydrogen-bond donors (Lipinski definition) is 1. The molecule has 16 heavy (non-hydrogen) atoms. The number of rotatable bonds is 9. The zero-order chi connectivity index (χ0) is 11.6.